The van der Waals surface area contributed by atoms with Crippen LogP contribution in [0.1, 0.15) is 20.8 Å². The van der Waals surface area contributed by atoms with Gasteiger partial charge in [0.25, 0.3) is 0 Å². The zero-order valence-corrected chi connectivity index (χ0v) is 7.40. The van der Waals surface area contributed by atoms with Crippen LogP contribution in [0.25, 0.3) is 0 Å². The van der Waals surface area contributed by atoms with Crippen molar-refractivity contribution >= 4 is 6.03 Å². The molecule has 3 nitrogen and oxygen atoms in total. The van der Waals surface area contributed by atoms with Crippen molar-refractivity contribution in [3.05, 3.63) is 12.2 Å². The first-order chi connectivity index (χ1) is 5.02. The largest absolute Gasteiger partial charge is 0.336 e. The van der Waals surface area contributed by atoms with Crippen LogP contribution >= 0.6 is 0 Å². The van der Waals surface area contributed by atoms with Crippen molar-refractivity contribution in [3.8, 4) is 0 Å². The van der Waals surface area contributed by atoms with Gasteiger partial charge in [-0.25, -0.2) is 4.79 Å². The Labute approximate surface area is 67.9 Å². The highest BCUT2D eigenvalue weighted by Crippen LogP contribution is 1.82. The Hall–Kier alpha value is -0.990. The number of hydrogen-bond acceptors (Lipinski definition) is 1. The van der Waals surface area contributed by atoms with Gasteiger partial charge in [0, 0.05) is 12.6 Å². The highest BCUT2D eigenvalue weighted by Gasteiger charge is 1.99. The first kappa shape index (κ1) is 10.0. The molecule has 0 spiro atoms. The average molecular weight is 156 g/mol. The fourth-order valence-electron chi connectivity index (χ4n) is 0.544. The van der Waals surface area contributed by atoms with E-state index in [1.807, 2.05) is 20.8 Å². The summed E-state index contributed by atoms with van der Waals surface area (Å²) in [5.74, 6) is 0. The van der Waals surface area contributed by atoms with Crippen LogP contribution in [-0.2, 0) is 0 Å². The molecule has 0 aromatic rings. The summed E-state index contributed by atoms with van der Waals surface area (Å²) in [6, 6.07) is 0.0446. The van der Waals surface area contributed by atoms with Crippen molar-refractivity contribution in [1.82, 2.24) is 10.6 Å². The predicted octanol–water partition coefficient (Wildman–Crippen LogP) is 1.27. The van der Waals surface area contributed by atoms with Gasteiger partial charge in [-0.3, -0.25) is 0 Å². The summed E-state index contributed by atoms with van der Waals surface area (Å²) in [4.78, 5) is 10.9. The van der Waals surface area contributed by atoms with Gasteiger partial charge in [0.2, 0.25) is 0 Å². The lowest BCUT2D eigenvalue weighted by Gasteiger charge is -2.09. The molecule has 0 saturated carbocycles. The highest BCUT2D eigenvalue weighted by molar-refractivity contribution is 5.74. The van der Waals surface area contributed by atoms with E-state index < -0.39 is 0 Å². The second-order valence-electron chi connectivity index (χ2n) is 2.94. The molecule has 0 fully saturated rings. The Morgan fingerprint density at radius 1 is 1.55 bits per heavy atom. The van der Waals surface area contributed by atoms with Gasteiger partial charge in [-0.05, 0) is 20.8 Å². The summed E-state index contributed by atoms with van der Waals surface area (Å²) >= 11 is 0. The molecular formula is C8H16N2O. The first-order valence-electron chi connectivity index (χ1n) is 3.71. The van der Waals surface area contributed by atoms with E-state index in [0.717, 1.165) is 5.57 Å². The molecule has 0 aliphatic carbocycles. The molecule has 0 radical (unpaired) electrons. The molecule has 11 heavy (non-hydrogen) atoms. The monoisotopic (exact) mass is 156 g/mol. The van der Waals surface area contributed by atoms with Crippen molar-refractivity contribution in [2.45, 2.75) is 26.8 Å². The Balaban J connectivity index is 3.45. The predicted molar refractivity (Wildman–Crippen MR) is 46.5 cm³/mol. The standard InChI is InChI=1S/C8H16N2O/c1-6(2)5-9-8(11)10-7(3)4/h7H,1,5H2,2-4H3,(H2,9,10,11). The third-order valence-electron chi connectivity index (χ3n) is 0.970. The number of rotatable bonds is 3. The van der Waals surface area contributed by atoms with E-state index in [-0.39, 0.29) is 12.1 Å². The third-order valence-corrected chi connectivity index (χ3v) is 0.970. The van der Waals surface area contributed by atoms with Gasteiger partial charge in [0.15, 0.2) is 0 Å². The number of carbonyl (C=O) groups excluding carboxylic acids is 1. The number of hydrogen-bond donors (Lipinski definition) is 2. The van der Waals surface area contributed by atoms with Crippen LogP contribution in [-0.4, -0.2) is 18.6 Å². The molecule has 64 valence electrons. The van der Waals surface area contributed by atoms with Gasteiger partial charge in [-0.1, -0.05) is 12.2 Å². The summed E-state index contributed by atoms with van der Waals surface area (Å²) in [6.07, 6.45) is 0. The van der Waals surface area contributed by atoms with Crippen LogP contribution in [0.15, 0.2) is 12.2 Å². The Morgan fingerprint density at radius 2 is 2.09 bits per heavy atom. The summed E-state index contributed by atoms with van der Waals surface area (Å²) in [5.41, 5.74) is 0.948. The lowest BCUT2D eigenvalue weighted by atomic mass is 10.3. The fourth-order valence-corrected chi connectivity index (χ4v) is 0.544. The van der Waals surface area contributed by atoms with Crippen LogP contribution in [0.5, 0.6) is 0 Å². The van der Waals surface area contributed by atoms with Crippen molar-refractivity contribution < 1.29 is 4.79 Å². The van der Waals surface area contributed by atoms with E-state index in [1.54, 1.807) is 0 Å². The van der Waals surface area contributed by atoms with Gasteiger partial charge in [-0.15, -0.1) is 0 Å². The Morgan fingerprint density at radius 3 is 2.45 bits per heavy atom. The van der Waals surface area contributed by atoms with E-state index in [0.29, 0.717) is 6.54 Å². The minimum atomic E-state index is -0.136. The number of amides is 2. The first-order valence-corrected chi connectivity index (χ1v) is 3.71. The van der Waals surface area contributed by atoms with Gasteiger partial charge in [-0.2, -0.15) is 0 Å². The summed E-state index contributed by atoms with van der Waals surface area (Å²) < 4.78 is 0. The highest BCUT2D eigenvalue weighted by atomic mass is 16.2. The number of urea groups is 1. The second kappa shape index (κ2) is 4.77. The van der Waals surface area contributed by atoms with Crippen LogP contribution in [0.4, 0.5) is 4.79 Å². The zero-order valence-electron chi connectivity index (χ0n) is 7.40. The lowest BCUT2D eigenvalue weighted by Crippen LogP contribution is -2.39. The SMILES string of the molecule is C=C(C)CNC(=O)NC(C)C. The molecule has 2 amide bonds. The van der Waals surface area contributed by atoms with E-state index in [1.165, 1.54) is 0 Å². The zero-order chi connectivity index (χ0) is 8.85. The minimum absolute atomic E-state index is 0.136. The molecule has 3 heteroatoms. The molecular weight excluding hydrogens is 140 g/mol. The van der Waals surface area contributed by atoms with E-state index >= 15 is 0 Å². The maximum Gasteiger partial charge on any atom is 0.315 e. The molecule has 0 bridgehead atoms. The fraction of sp³-hybridized carbons (Fsp3) is 0.625. The number of carbonyl (C=O) groups is 1. The molecule has 2 N–H and O–H groups in total. The quantitative estimate of drug-likeness (QED) is 0.594. The Kier molecular flexibility index (Phi) is 4.34. The molecule has 0 heterocycles. The smallest absolute Gasteiger partial charge is 0.315 e. The van der Waals surface area contributed by atoms with Gasteiger partial charge < -0.3 is 10.6 Å². The molecule has 0 aromatic carbocycles. The number of nitrogens with one attached hydrogen (secondary N) is 2. The summed E-state index contributed by atoms with van der Waals surface area (Å²) in [5, 5.41) is 5.37. The van der Waals surface area contributed by atoms with E-state index in [4.69, 9.17) is 0 Å². The van der Waals surface area contributed by atoms with Crippen LogP contribution < -0.4 is 10.6 Å². The maximum atomic E-state index is 10.9. The topological polar surface area (TPSA) is 41.1 Å². The van der Waals surface area contributed by atoms with Gasteiger partial charge >= 0.3 is 6.03 Å². The molecule has 0 atom stereocenters. The second-order valence-corrected chi connectivity index (χ2v) is 2.94. The maximum absolute atomic E-state index is 10.9. The van der Waals surface area contributed by atoms with Crippen LogP contribution in [0, 0.1) is 0 Å². The average Bonchev–Trinajstić information content (AvgIpc) is 1.82. The van der Waals surface area contributed by atoms with Crippen molar-refractivity contribution in [2.75, 3.05) is 6.54 Å². The molecule has 0 aliphatic rings. The molecule has 0 aliphatic heterocycles. The normalized spacial score (nSPS) is 9.45. The molecule has 0 rings (SSSR count). The Bertz CT molecular complexity index is 152. The van der Waals surface area contributed by atoms with E-state index in [9.17, 15) is 4.79 Å². The van der Waals surface area contributed by atoms with Crippen molar-refractivity contribution in [2.24, 2.45) is 0 Å². The summed E-state index contributed by atoms with van der Waals surface area (Å²) in [7, 11) is 0. The molecule has 0 unspecified atom stereocenters. The third kappa shape index (κ3) is 6.90. The molecule has 0 aromatic heterocycles. The van der Waals surface area contributed by atoms with E-state index in [2.05, 4.69) is 17.2 Å². The van der Waals surface area contributed by atoms with Crippen LogP contribution in [0.2, 0.25) is 0 Å². The van der Waals surface area contributed by atoms with Gasteiger partial charge in [0.05, 0.1) is 0 Å². The van der Waals surface area contributed by atoms with Crippen LogP contribution in [0.3, 0.4) is 0 Å². The van der Waals surface area contributed by atoms with Gasteiger partial charge in [0.1, 0.15) is 0 Å². The molecule has 0 saturated heterocycles. The lowest BCUT2D eigenvalue weighted by molar-refractivity contribution is 0.239. The van der Waals surface area contributed by atoms with Crippen molar-refractivity contribution in [1.29, 1.82) is 0 Å². The summed E-state index contributed by atoms with van der Waals surface area (Å²) in [6.45, 7) is 9.91. The minimum Gasteiger partial charge on any atom is -0.336 e. The van der Waals surface area contributed by atoms with Crippen molar-refractivity contribution in [3.63, 3.8) is 0 Å².